The quantitative estimate of drug-likeness (QED) is 0.341. The van der Waals surface area contributed by atoms with Crippen molar-refractivity contribution in [2.75, 3.05) is 12.0 Å². The maximum atomic E-state index is 10.2. The Balaban J connectivity index is 1.69. The Morgan fingerprint density at radius 1 is 1.09 bits per heavy atom. The van der Waals surface area contributed by atoms with Gasteiger partial charge >= 0.3 is 0 Å². The van der Waals surface area contributed by atoms with Crippen LogP contribution in [0.25, 0.3) is 38.9 Å². The van der Waals surface area contributed by atoms with Crippen LogP contribution in [0.1, 0.15) is 5.69 Å². The molecule has 0 bridgehead atoms. The molecule has 1 aromatic carbocycles. The van der Waals surface area contributed by atoms with Gasteiger partial charge in [-0.2, -0.15) is 16.9 Å². The Hall–Kier alpha value is -2.58. The second-order valence-electron chi connectivity index (χ2n) is 7.31. The number of halogens is 2. The number of hydrogen-bond donors (Lipinski definition) is 1. The molecule has 0 saturated carbocycles. The monoisotopic (exact) mass is 483 g/mol. The standard InChI is InChI=1S/C23H19Cl2N5OS/c1-32-8-7-29-12-15(11-27-29)14-9-16-19(26-10-14)5-6-30-20(13-31)22(28-23(16)30)21-17(24)3-2-4-18(21)25/h2-6,9-12,31H,7-8,13H2,1H3. The first kappa shape index (κ1) is 21.3. The molecule has 0 spiro atoms. The van der Waals surface area contributed by atoms with Crippen LogP contribution in [0.15, 0.2) is 55.1 Å². The lowest BCUT2D eigenvalue weighted by Crippen LogP contribution is -1.99. The van der Waals surface area contributed by atoms with Crippen LogP contribution in [-0.2, 0) is 13.2 Å². The molecule has 0 aliphatic rings. The number of hydrogen-bond acceptors (Lipinski definition) is 5. The number of aliphatic hydroxyl groups is 1. The highest BCUT2D eigenvalue weighted by molar-refractivity contribution is 7.98. The molecule has 0 radical (unpaired) electrons. The van der Waals surface area contributed by atoms with Gasteiger partial charge in [-0.1, -0.05) is 29.3 Å². The van der Waals surface area contributed by atoms with Gasteiger partial charge in [0.1, 0.15) is 5.65 Å². The molecule has 0 atom stereocenters. The first-order valence-electron chi connectivity index (χ1n) is 9.97. The summed E-state index contributed by atoms with van der Waals surface area (Å²) in [5.41, 5.74) is 5.22. The number of benzene rings is 1. The van der Waals surface area contributed by atoms with E-state index < -0.39 is 0 Å². The van der Waals surface area contributed by atoms with Crippen LogP contribution in [0.5, 0.6) is 0 Å². The molecule has 0 aliphatic heterocycles. The highest BCUT2D eigenvalue weighted by Gasteiger charge is 2.20. The lowest BCUT2D eigenvalue weighted by atomic mass is 10.1. The number of aromatic nitrogens is 5. The van der Waals surface area contributed by atoms with E-state index in [1.807, 2.05) is 39.9 Å². The smallest absolute Gasteiger partial charge is 0.147 e. The van der Waals surface area contributed by atoms with Crippen LogP contribution < -0.4 is 0 Å². The molecule has 5 rings (SSSR count). The number of pyridine rings is 2. The second kappa shape index (κ2) is 8.75. The van der Waals surface area contributed by atoms with E-state index in [0.29, 0.717) is 32.6 Å². The maximum absolute atomic E-state index is 10.2. The van der Waals surface area contributed by atoms with Gasteiger partial charge in [-0.25, -0.2) is 4.98 Å². The summed E-state index contributed by atoms with van der Waals surface area (Å²) in [6, 6.07) is 9.28. The molecule has 0 unspecified atom stereocenters. The number of nitrogens with zero attached hydrogens (tertiary/aromatic N) is 5. The Bertz CT molecular complexity index is 1430. The summed E-state index contributed by atoms with van der Waals surface area (Å²) >= 11 is 14.7. The fourth-order valence-corrected chi connectivity index (χ4v) is 4.75. The first-order valence-corrected chi connectivity index (χ1v) is 12.1. The zero-order chi connectivity index (χ0) is 22.2. The average Bonchev–Trinajstić information content (AvgIpc) is 3.42. The van der Waals surface area contributed by atoms with Crippen LogP contribution >= 0.6 is 35.0 Å². The van der Waals surface area contributed by atoms with Crippen LogP contribution in [0.2, 0.25) is 10.0 Å². The molecule has 4 heterocycles. The third kappa shape index (κ3) is 3.65. The fraction of sp³-hybridized carbons (Fsp3) is 0.174. The zero-order valence-electron chi connectivity index (χ0n) is 17.2. The Kier molecular flexibility index (Phi) is 5.82. The van der Waals surface area contributed by atoms with E-state index >= 15 is 0 Å². The van der Waals surface area contributed by atoms with E-state index in [9.17, 15) is 5.11 Å². The van der Waals surface area contributed by atoms with Crippen molar-refractivity contribution in [1.29, 1.82) is 0 Å². The second-order valence-corrected chi connectivity index (χ2v) is 9.11. The fourth-order valence-electron chi connectivity index (χ4n) is 3.80. The van der Waals surface area contributed by atoms with Crippen molar-refractivity contribution in [3.05, 3.63) is 70.9 Å². The van der Waals surface area contributed by atoms with Gasteiger partial charge in [0.2, 0.25) is 0 Å². The van der Waals surface area contributed by atoms with Crippen molar-refractivity contribution < 1.29 is 5.11 Å². The number of rotatable bonds is 6. The molecule has 4 aromatic heterocycles. The van der Waals surface area contributed by atoms with Crippen molar-refractivity contribution in [3.63, 3.8) is 0 Å². The molecule has 9 heteroatoms. The average molecular weight is 484 g/mol. The van der Waals surface area contributed by atoms with Gasteiger partial charge in [-0.15, -0.1) is 0 Å². The largest absolute Gasteiger partial charge is 0.390 e. The van der Waals surface area contributed by atoms with Gasteiger partial charge in [-0.05, 0) is 30.5 Å². The summed E-state index contributed by atoms with van der Waals surface area (Å²) in [6.07, 6.45) is 9.66. The minimum Gasteiger partial charge on any atom is -0.390 e. The molecule has 1 N–H and O–H groups in total. The summed E-state index contributed by atoms with van der Waals surface area (Å²) in [7, 11) is 0. The molecular formula is C23H19Cl2N5OS. The van der Waals surface area contributed by atoms with Crippen molar-refractivity contribution >= 4 is 51.5 Å². The summed E-state index contributed by atoms with van der Waals surface area (Å²) in [4.78, 5) is 9.50. The Labute approximate surface area is 198 Å². The van der Waals surface area contributed by atoms with E-state index in [4.69, 9.17) is 28.2 Å². The van der Waals surface area contributed by atoms with Gasteiger partial charge in [0.05, 0.1) is 39.8 Å². The minimum absolute atomic E-state index is 0.209. The van der Waals surface area contributed by atoms with Crippen molar-refractivity contribution in [3.8, 4) is 22.4 Å². The van der Waals surface area contributed by atoms with E-state index in [0.717, 1.165) is 34.3 Å². The predicted octanol–water partition coefficient (Wildman–Crippen LogP) is 5.58. The molecule has 0 aliphatic carbocycles. The maximum Gasteiger partial charge on any atom is 0.147 e. The van der Waals surface area contributed by atoms with Crippen LogP contribution in [0, 0.1) is 0 Å². The normalized spacial score (nSPS) is 11.6. The first-order chi connectivity index (χ1) is 15.6. The molecule has 0 saturated heterocycles. The number of aliphatic hydroxyl groups excluding tert-OH is 1. The van der Waals surface area contributed by atoms with E-state index in [-0.39, 0.29) is 6.61 Å². The lowest BCUT2D eigenvalue weighted by molar-refractivity contribution is 0.276. The van der Waals surface area contributed by atoms with Crippen molar-refractivity contribution in [1.82, 2.24) is 24.1 Å². The SMILES string of the molecule is CSCCn1cc(-c2cnc3ccn4c(CO)c(-c5c(Cl)cccc5Cl)nc4c3c2)cn1. The predicted molar refractivity (Wildman–Crippen MR) is 131 cm³/mol. The number of aryl methyl sites for hydroxylation is 1. The minimum atomic E-state index is -0.209. The van der Waals surface area contributed by atoms with E-state index in [1.54, 1.807) is 30.0 Å². The summed E-state index contributed by atoms with van der Waals surface area (Å²) in [5, 5.41) is 16.4. The molecule has 162 valence electrons. The van der Waals surface area contributed by atoms with E-state index in [2.05, 4.69) is 22.4 Å². The van der Waals surface area contributed by atoms with Gasteiger partial charge < -0.3 is 9.51 Å². The van der Waals surface area contributed by atoms with Gasteiger partial charge in [0.15, 0.2) is 0 Å². The third-order valence-corrected chi connectivity index (χ3v) is 6.61. The summed E-state index contributed by atoms with van der Waals surface area (Å²) in [5.74, 6) is 1.00. The zero-order valence-corrected chi connectivity index (χ0v) is 19.5. The highest BCUT2D eigenvalue weighted by atomic mass is 35.5. The molecular weight excluding hydrogens is 465 g/mol. The van der Waals surface area contributed by atoms with Crippen LogP contribution in [-0.4, -0.2) is 41.3 Å². The highest BCUT2D eigenvalue weighted by Crippen LogP contribution is 2.37. The van der Waals surface area contributed by atoms with E-state index in [1.165, 1.54) is 0 Å². The molecule has 32 heavy (non-hydrogen) atoms. The number of thioether (sulfide) groups is 1. The number of fused-ring (bicyclic) bond motifs is 3. The van der Waals surface area contributed by atoms with Gasteiger partial charge in [0.25, 0.3) is 0 Å². The topological polar surface area (TPSA) is 68.2 Å². The Morgan fingerprint density at radius 2 is 1.91 bits per heavy atom. The number of imidazole rings is 1. The van der Waals surface area contributed by atoms with Gasteiger partial charge in [0, 0.05) is 53.0 Å². The third-order valence-electron chi connectivity index (χ3n) is 5.39. The molecule has 0 fully saturated rings. The molecule has 5 aromatic rings. The van der Waals surface area contributed by atoms with Crippen molar-refractivity contribution in [2.45, 2.75) is 13.2 Å². The van der Waals surface area contributed by atoms with Gasteiger partial charge in [-0.3, -0.25) is 9.67 Å². The van der Waals surface area contributed by atoms with Crippen LogP contribution in [0.4, 0.5) is 0 Å². The molecule has 0 amide bonds. The summed E-state index contributed by atoms with van der Waals surface area (Å²) in [6.45, 7) is 0.646. The lowest BCUT2D eigenvalue weighted by Gasteiger charge is -2.06. The molecule has 6 nitrogen and oxygen atoms in total. The summed E-state index contributed by atoms with van der Waals surface area (Å²) < 4.78 is 3.80. The Morgan fingerprint density at radius 3 is 2.66 bits per heavy atom. The van der Waals surface area contributed by atoms with Crippen molar-refractivity contribution in [2.24, 2.45) is 0 Å². The van der Waals surface area contributed by atoms with Crippen LogP contribution in [0.3, 0.4) is 0 Å².